The molecule has 2 rings (SSSR count). The van der Waals surface area contributed by atoms with Crippen molar-refractivity contribution in [3.63, 3.8) is 0 Å². The van der Waals surface area contributed by atoms with Crippen LogP contribution in [0.15, 0.2) is 30.3 Å². The number of likely N-dealkylation sites (tertiary alicyclic amines) is 1. The van der Waals surface area contributed by atoms with Gasteiger partial charge in [-0.1, -0.05) is 30.3 Å². The van der Waals surface area contributed by atoms with Crippen LogP contribution in [0.2, 0.25) is 0 Å². The van der Waals surface area contributed by atoms with Crippen LogP contribution in [-0.4, -0.2) is 23.0 Å². The lowest BCUT2D eigenvalue weighted by Gasteiger charge is -2.34. The van der Waals surface area contributed by atoms with Gasteiger partial charge in [0.2, 0.25) is 5.91 Å². The van der Waals surface area contributed by atoms with Crippen molar-refractivity contribution in [1.82, 2.24) is 4.90 Å². The third-order valence-corrected chi connectivity index (χ3v) is 3.01. The average molecular weight is 247 g/mol. The van der Waals surface area contributed by atoms with Crippen molar-refractivity contribution in [3.8, 4) is 0 Å². The lowest BCUT2D eigenvalue weighted by atomic mass is 10.1. The second-order valence-electron chi connectivity index (χ2n) is 4.46. The third kappa shape index (κ3) is 3.09. The zero-order valence-corrected chi connectivity index (χ0v) is 10.5. The Morgan fingerprint density at radius 3 is 2.78 bits per heavy atom. The molecule has 0 N–H and O–H groups in total. The number of rotatable bonds is 3. The van der Waals surface area contributed by atoms with E-state index in [9.17, 15) is 9.59 Å². The van der Waals surface area contributed by atoms with E-state index >= 15 is 0 Å². The fourth-order valence-electron chi connectivity index (χ4n) is 2.17. The number of esters is 1. The van der Waals surface area contributed by atoms with Crippen molar-refractivity contribution in [2.24, 2.45) is 0 Å². The van der Waals surface area contributed by atoms with E-state index < -0.39 is 6.23 Å². The number of benzene rings is 1. The first kappa shape index (κ1) is 12.6. The standard InChI is InChI=1S/C14H17NO3/c1-11(16)18-14-9-5-8-13(17)15(14)10-12-6-3-2-4-7-12/h2-4,6-7,14H,5,8-10H2,1H3. The predicted molar refractivity (Wildman–Crippen MR) is 66.4 cm³/mol. The highest BCUT2D eigenvalue weighted by Crippen LogP contribution is 2.21. The molecule has 1 aromatic carbocycles. The summed E-state index contributed by atoms with van der Waals surface area (Å²) in [6, 6.07) is 9.74. The largest absolute Gasteiger partial charge is 0.442 e. The Balaban J connectivity index is 2.10. The van der Waals surface area contributed by atoms with Crippen LogP contribution >= 0.6 is 0 Å². The van der Waals surface area contributed by atoms with Gasteiger partial charge in [0.05, 0.1) is 0 Å². The Morgan fingerprint density at radius 2 is 2.11 bits per heavy atom. The SMILES string of the molecule is CC(=O)OC1CCCC(=O)N1Cc1ccccc1. The van der Waals surface area contributed by atoms with Gasteiger partial charge in [0.1, 0.15) is 0 Å². The summed E-state index contributed by atoms with van der Waals surface area (Å²) in [7, 11) is 0. The van der Waals surface area contributed by atoms with Gasteiger partial charge in [-0.15, -0.1) is 0 Å². The molecule has 1 unspecified atom stereocenters. The quantitative estimate of drug-likeness (QED) is 0.768. The molecule has 0 bridgehead atoms. The summed E-state index contributed by atoms with van der Waals surface area (Å²) in [5.74, 6) is -0.288. The highest BCUT2D eigenvalue weighted by Gasteiger charge is 2.29. The fourth-order valence-corrected chi connectivity index (χ4v) is 2.17. The molecule has 0 aromatic heterocycles. The summed E-state index contributed by atoms with van der Waals surface area (Å²) >= 11 is 0. The fraction of sp³-hybridized carbons (Fsp3) is 0.429. The molecule has 96 valence electrons. The molecule has 1 saturated heterocycles. The van der Waals surface area contributed by atoms with Gasteiger partial charge in [-0.3, -0.25) is 9.59 Å². The first-order valence-electron chi connectivity index (χ1n) is 6.17. The van der Waals surface area contributed by atoms with E-state index in [0.717, 1.165) is 18.4 Å². The number of amides is 1. The minimum Gasteiger partial charge on any atom is -0.442 e. The van der Waals surface area contributed by atoms with Gasteiger partial charge < -0.3 is 9.64 Å². The molecule has 0 radical (unpaired) electrons. The molecule has 0 saturated carbocycles. The van der Waals surface area contributed by atoms with Gasteiger partial charge in [-0.25, -0.2) is 0 Å². The third-order valence-electron chi connectivity index (χ3n) is 3.01. The minimum absolute atomic E-state index is 0.0522. The summed E-state index contributed by atoms with van der Waals surface area (Å²) in [4.78, 5) is 24.6. The summed E-state index contributed by atoms with van der Waals surface area (Å²) in [5.41, 5.74) is 1.05. The molecule has 4 heteroatoms. The van der Waals surface area contributed by atoms with E-state index in [-0.39, 0.29) is 11.9 Å². The van der Waals surface area contributed by atoms with Crippen LogP contribution in [0, 0.1) is 0 Å². The van der Waals surface area contributed by atoms with E-state index in [2.05, 4.69) is 0 Å². The lowest BCUT2D eigenvalue weighted by molar-refractivity contribution is -0.168. The normalized spacial score (nSPS) is 19.7. The van der Waals surface area contributed by atoms with Crippen LogP contribution in [0.25, 0.3) is 0 Å². The van der Waals surface area contributed by atoms with Gasteiger partial charge in [0.25, 0.3) is 0 Å². The molecular weight excluding hydrogens is 230 g/mol. The molecule has 1 aliphatic heterocycles. The maximum absolute atomic E-state index is 11.9. The van der Waals surface area contributed by atoms with E-state index in [1.807, 2.05) is 30.3 Å². The molecular formula is C14H17NO3. The molecule has 1 atom stereocenters. The number of carbonyl (C=O) groups is 2. The lowest BCUT2D eigenvalue weighted by Crippen LogP contribution is -2.45. The molecule has 1 aromatic rings. The van der Waals surface area contributed by atoms with Crippen LogP contribution < -0.4 is 0 Å². The van der Waals surface area contributed by atoms with E-state index in [1.165, 1.54) is 6.92 Å². The van der Waals surface area contributed by atoms with Crippen molar-refractivity contribution >= 4 is 11.9 Å². The molecule has 1 aliphatic rings. The van der Waals surface area contributed by atoms with Crippen LogP contribution in [0.3, 0.4) is 0 Å². The highest BCUT2D eigenvalue weighted by molar-refractivity contribution is 5.77. The molecule has 1 fully saturated rings. The second-order valence-corrected chi connectivity index (χ2v) is 4.46. The Morgan fingerprint density at radius 1 is 1.39 bits per heavy atom. The molecule has 1 heterocycles. The monoisotopic (exact) mass is 247 g/mol. The topological polar surface area (TPSA) is 46.6 Å². The van der Waals surface area contributed by atoms with Crippen molar-refractivity contribution < 1.29 is 14.3 Å². The van der Waals surface area contributed by atoms with Crippen molar-refractivity contribution in [2.45, 2.75) is 39.0 Å². The summed E-state index contributed by atoms with van der Waals surface area (Å²) in [6.07, 6.45) is 1.62. The number of carbonyl (C=O) groups excluding carboxylic acids is 2. The predicted octanol–water partition coefficient (Wildman–Crippen LogP) is 2.09. The van der Waals surface area contributed by atoms with Crippen LogP contribution in [0.4, 0.5) is 0 Å². The highest BCUT2D eigenvalue weighted by atomic mass is 16.6. The number of hydrogen-bond acceptors (Lipinski definition) is 3. The van der Waals surface area contributed by atoms with Crippen LogP contribution in [0.1, 0.15) is 31.7 Å². The molecule has 4 nitrogen and oxygen atoms in total. The first-order chi connectivity index (χ1) is 8.66. The van der Waals surface area contributed by atoms with E-state index in [0.29, 0.717) is 13.0 Å². The molecule has 0 aliphatic carbocycles. The number of piperidine rings is 1. The Kier molecular flexibility index (Phi) is 3.97. The minimum atomic E-state index is -0.413. The maximum atomic E-state index is 11.9. The van der Waals surface area contributed by atoms with Gasteiger partial charge in [-0.05, 0) is 12.0 Å². The molecule has 1 amide bonds. The van der Waals surface area contributed by atoms with Gasteiger partial charge in [0, 0.05) is 26.3 Å². The Hall–Kier alpha value is -1.84. The number of hydrogen-bond donors (Lipinski definition) is 0. The second kappa shape index (κ2) is 5.67. The smallest absolute Gasteiger partial charge is 0.304 e. The Labute approximate surface area is 107 Å². The van der Waals surface area contributed by atoms with Crippen molar-refractivity contribution in [3.05, 3.63) is 35.9 Å². The summed E-state index contributed by atoms with van der Waals surface area (Å²) < 4.78 is 5.21. The van der Waals surface area contributed by atoms with Crippen molar-refractivity contribution in [1.29, 1.82) is 0 Å². The Bertz CT molecular complexity index is 430. The molecule has 0 spiro atoms. The van der Waals surface area contributed by atoms with Crippen molar-refractivity contribution in [2.75, 3.05) is 0 Å². The number of ether oxygens (including phenoxy) is 1. The van der Waals surface area contributed by atoms with Gasteiger partial charge in [-0.2, -0.15) is 0 Å². The van der Waals surface area contributed by atoms with E-state index in [4.69, 9.17) is 4.74 Å². The summed E-state index contributed by atoms with van der Waals surface area (Å²) in [5, 5.41) is 0. The van der Waals surface area contributed by atoms with Crippen LogP contribution in [-0.2, 0) is 20.9 Å². The molecule has 18 heavy (non-hydrogen) atoms. The number of nitrogens with zero attached hydrogens (tertiary/aromatic N) is 1. The van der Waals surface area contributed by atoms with Gasteiger partial charge >= 0.3 is 5.97 Å². The maximum Gasteiger partial charge on any atom is 0.304 e. The van der Waals surface area contributed by atoms with E-state index in [1.54, 1.807) is 4.90 Å². The first-order valence-corrected chi connectivity index (χ1v) is 6.17. The van der Waals surface area contributed by atoms with Crippen LogP contribution in [0.5, 0.6) is 0 Å². The summed E-state index contributed by atoms with van der Waals surface area (Å²) in [6.45, 7) is 1.87. The zero-order valence-electron chi connectivity index (χ0n) is 10.5. The average Bonchev–Trinajstić information content (AvgIpc) is 2.34. The zero-order chi connectivity index (χ0) is 13.0. The van der Waals surface area contributed by atoms with Gasteiger partial charge in [0.15, 0.2) is 6.23 Å².